The summed E-state index contributed by atoms with van der Waals surface area (Å²) in [5, 5.41) is 1.69. The van der Waals surface area contributed by atoms with Crippen molar-refractivity contribution < 1.29 is 13.2 Å². The van der Waals surface area contributed by atoms with E-state index in [4.69, 9.17) is 4.74 Å². The molecular weight excluding hydrogens is 192 g/mol. The molecule has 0 bridgehead atoms. The fraction of sp³-hybridized carbons (Fsp3) is 1.00. The molecule has 6 heteroatoms. The van der Waals surface area contributed by atoms with E-state index in [0.717, 1.165) is 0 Å². The lowest BCUT2D eigenvalue weighted by Crippen LogP contribution is -2.48. The lowest BCUT2D eigenvalue weighted by molar-refractivity contribution is 0.0272. The minimum Gasteiger partial charge on any atom is -0.379 e. The van der Waals surface area contributed by atoms with Gasteiger partial charge in [-0.25, -0.2) is 13.4 Å². The number of sulfonamides is 1. The van der Waals surface area contributed by atoms with Crippen molar-refractivity contribution in [2.45, 2.75) is 13.3 Å². The second kappa shape index (κ2) is 4.90. The Morgan fingerprint density at radius 2 is 2.00 bits per heavy atom. The van der Waals surface area contributed by atoms with Gasteiger partial charge in [0.05, 0.1) is 19.0 Å². The van der Waals surface area contributed by atoms with Crippen LogP contribution in [0.25, 0.3) is 0 Å². The van der Waals surface area contributed by atoms with Crippen molar-refractivity contribution in [1.82, 2.24) is 9.84 Å². The lowest BCUT2D eigenvalue weighted by Gasteiger charge is -2.26. The van der Waals surface area contributed by atoms with Gasteiger partial charge in [-0.05, 0) is 6.42 Å². The molecule has 0 atom stereocenters. The molecule has 1 saturated heterocycles. The average molecular weight is 208 g/mol. The summed E-state index contributed by atoms with van der Waals surface area (Å²) < 4.78 is 27.7. The van der Waals surface area contributed by atoms with E-state index in [0.29, 0.717) is 32.7 Å². The van der Waals surface area contributed by atoms with Crippen molar-refractivity contribution >= 4 is 10.0 Å². The van der Waals surface area contributed by atoms with Crippen molar-refractivity contribution in [3.8, 4) is 0 Å². The zero-order valence-corrected chi connectivity index (χ0v) is 8.64. The molecule has 0 aromatic rings. The molecule has 0 saturated carbocycles. The molecule has 0 aromatic carbocycles. The predicted molar refractivity (Wildman–Crippen MR) is 49.6 cm³/mol. The fourth-order valence-electron chi connectivity index (χ4n) is 1.17. The summed E-state index contributed by atoms with van der Waals surface area (Å²) in [5.74, 6) is 0.185. The summed E-state index contributed by atoms with van der Waals surface area (Å²) in [7, 11) is -3.11. The van der Waals surface area contributed by atoms with Crippen LogP contribution in [0.15, 0.2) is 0 Å². The van der Waals surface area contributed by atoms with Gasteiger partial charge in [0.2, 0.25) is 10.0 Å². The van der Waals surface area contributed by atoms with Crippen LogP contribution in [0.3, 0.4) is 0 Å². The van der Waals surface area contributed by atoms with Gasteiger partial charge in [0, 0.05) is 13.1 Å². The van der Waals surface area contributed by atoms with Crippen LogP contribution in [0.1, 0.15) is 13.3 Å². The zero-order chi connectivity index (χ0) is 9.73. The van der Waals surface area contributed by atoms with E-state index in [2.05, 4.69) is 4.83 Å². The Bertz CT molecular complexity index is 234. The maximum atomic E-state index is 11.3. The van der Waals surface area contributed by atoms with Gasteiger partial charge in [-0.3, -0.25) is 0 Å². The maximum absolute atomic E-state index is 11.3. The van der Waals surface area contributed by atoms with Crippen LogP contribution in [0.2, 0.25) is 0 Å². The number of nitrogens with one attached hydrogen (secondary N) is 1. The minimum atomic E-state index is -3.11. The first-order valence-corrected chi connectivity index (χ1v) is 6.12. The number of nitrogens with zero attached hydrogens (tertiary/aromatic N) is 1. The van der Waals surface area contributed by atoms with E-state index in [1.54, 1.807) is 5.01 Å². The Balaban J connectivity index is 2.37. The highest BCUT2D eigenvalue weighted by molar-refractivity contribution is 7.89. The van der Waals surface area contributed by atoms with Crippen LogP contribution in [0.4, 0.5) is 0 Å². The van der Waals surface area contributed by atoms with Gasteiger partial charge < -0.3 is 4.74 Å². The summed E-state index contributed by atoms with van der Waals surface area (Å²) in [6.07, 6.45) is 0.639. The first kappa shape index (κ1) is 10.9. The van der Waals surface area contributed by atoms with Crippen molar-refractivity contribution in [3.63, 3.8) is 0 Å². The highest BCUT2D eigenvalue weighted by Crippen LogP contribution is 1.96. The Labute approximate surface area is 79.1 Å². The Hall–Kier alpha value is -0.170. The van der Waals surface area contributed by atoms with Gasteiger partial charge in [-0.15, -0.1) is 4.83 Å². The molecule has 5 nitrogen and oxygen atoms in total. The number of ether oxygens (including phenoxy) is 1. The summed E-state index contributed by atoms with van der Waals surface area (Å²) in [6, 6.07) is 0. The standard InChI is InChI=1S/C7H16N2O3S/c1-2-7-13(10,11)8-9-3-5-12-6-4-9/h8H,2-7H2,1H3. The third kappa shape index (κ3) is 4.04. The Morgan fingerprint density at radius 3 is 2.54 bits per heavy atom. The monoisotopic (exact) mass is 208 g/mol. The van der Waals surface area contributed by atoms with E-state index in [9.17, 15) is 8.42 Å². The van der Waals surface area contributed by atoms with E-state index in [-0.39, 0.29) is 5.75 Å². The highest BCUT2D eigenvalue weighted by Gasteiger charge is 2.16. The van der Waals surface area contributed by atoms with E-state index >= 15 is 0 Å². The molecule has 0 aromatic heterocycles. The van der Waals surface area contributed by atoms with Gasteiger partial charge in [-0.1, -0.05) is 6.92 Å². The quantitative estimate of drug-likeness (QED) is 0.680. The van der Waals surface area contributed by atoms with Crippen molar-refractivity contribution in [2.24, 2.45) is 0 Å². The molecule has 1 fully saturated rings. The zero-order valence-electron chi connectivity index (χ0n) is 7.82. The molecule has 1 rings (SSSR count). The van der Waals surface area contributed by atoms with E-state index in [1.165, 1.54) is 0 Å². The van der Waals surface area contributed by atoms with Crippen LogP contribution < -0.4 is 4.83 Å². The molecule has 1 N–H and O–H groups in total. The van der Waals surface area contributed by atoms with Gasteiger partial charge in [0.25, 0.3) is 0 Å². The Morgan fingerprint density at radius 1 is 1.38 bits per heavy atom. The molecule has 0 radical (unpaired) electrons. The second-order valence-electron chi connectivity index (χ2n) is 3.01. The van der Waals surface area contributed by atoms with Gasteiger partial charge >= 0.3 is 0 Å². The van der Waals surface area contributed by atoms with Gasteiger partial charge in [-0.2, -0.15) is 0 Å². The van der Waals surface area contributed by atoms with Crippen LogP contribution in [-0.4, -0.2) is 45.5 Å². The number of hydrogen-bond acceptors (Lipinski definition) is 4. The van der Waals surface area contributed by atoms with Crippen LogP contribution in [-0.2, 0) is 14.8 Å². The van der Waals surface area contributed by atoms with Crippen molar-refractivity contribution in [2.75, 3.05) is 32.1 Å². The van der Waals surface area contributed by atoms with Crippen LogP contribution in [0.5, 0.6) is 0 Å². The SMILES string of the molecule is CCCS(=O)(=O)NN1CCOCC1. The van der Waals surface area contributed by atoms with Crippen LogP contribution in [0, 0.1) is 0 Å². The topological polar surface area (TPSA) is 58.6 Å². The smallest absolute Gasteiger partial charge is 0.224 e. The van der Waals surface area contributed by atoms with Gasteiger partial charge in [0.1, 0.15) is 0 Å². The molecule has 1 heterocycles. The molecule has 0 unspecified atom stereocenters. The van der Waals surface area contributed by atoms with E-state index in [1.807, 2.05) is 6.92 Å². The number of hydrogen-bond donors (Lipinski definition) is 1. The fourth-order valence-corrected chi connectivity index (χ4v) is 2.37. The van der Waals surface area contributed by atoms with Crippen molar-refractivity contribution in [1.29, 1.82) is 0 Å². The molecule has 78 valence electrons. The number of rotatable bonds is 4. The Kier molecular flexibility index (Phi) is 4.11. The van der Waals surface area contributed by atoms with Crippen molar-refractivity contribution in [3.05, 3.63) is 0 Å². The predicted octanol–water partition coefficient (Wildman–Crippen LogP) is -0.437. The first-order valence-electron chi connectivity index (χ1n) is 4.47. The molecule has 1 aliphatic heterocycles. The largest absolute Gasteiger partial charge is 0.379 e. The summed E-state index contributed by atoms with van der Waals surface area (Å²) in [4.78, 5) is 2.52. The van der Waals surface area contributed by atoms with Gasteiger partial charge in [0.15, 0.2) is 0 Å². The third-order valence-corrected chi connectivity index (χ3v) is 3.23. The van der Waals surface area contributed by atoms with E-state index < -0.39 is 10.0 Å². The number of hydrazine groups is 1. The first-order chi connectivity index (χ1) is 6.14. The molecule has 0 aliphatic carbocycles. The molecule has 1 aliphatic rings. The molecule has 0 spiro atoms. The minimum absolute atomic E-state index is 0.185. The second-order valence-corrected chi connectivity index (χ2v) is 4.83. The van der Waals surface area contributed by atoms with Crippen LogP contribution >= 0.6 is 0 Å². The summed E-state index contributed by atoms with van der Waals surface area (Å²) in [6.45, 7) is 4.29. The third-order valence-electron chi connectivity index (χ3n) is 1.75. The summed E-state index contributed by atoms with van der Waals surface area (Å²) in [5.41, 5.74) is 0. The molecule has 0 amide bonds. The normalized spacial score (nSPS) is 20.4. The molecule has 13 heavy (non-hydrogen) atoms. The molecular formula is C7H16N2O3S. The average Bonchev–Trinajstić information content (AvgIpc) is 2.04. The number of morpholine rings is 1. The summed E-state index contributed by atoms with van der Waals surface area (Å²) >= 11 is 0. The maximum Gasteiger partial charge on any atom is 0.224 e. The highest BCUT2D eigenvalue weighted by atomic mass is 32.2. The lowest BCUT2D eigenvalue weighted by atomic mass is 10.5.